The third-order valence-corrected chi connectivity index (χ3v) is 5.67. The summed E-state index contributed by atoms with van der Waals surface area (Å²) in [5.74, 6) is -0.272. The van der Waals surface area contributed by atoms with Crippen molar-refractivity contribution in [3.63, 3.8) is 0 Å². The van der Waals surface area contributed by atoms with Crippen LogP contribution in [0.4, 0.5) is 0 Å². The molecule has 124 valence electrons. The number of likely N-dealkylation sites (tertiary alicyclic amines) is 2. The van der Waals surface area contributed by atoms with Crippen molar-refractivity contribution < 1.29 is 9.59 Å². The number of ketones is 1. The average Bonchev–Trinajstić information content (AvgIpc) is 2.91. The maximum Gasteiger partial charge on any atom is 0.229 e. The van der Waals surface area contributed by atoms with Gasteiger partial charge in [-0.2, -0.15) is 0 Å². The molecule has 3 aliphatic heterocycles. The molecule has 22 heavy (non-hydrogen) atoms. The number of hydrogen-bond donors (Lipinski definition) is 1. The molecule has 5 nitrogen and oxygen atoms in total. The van der Waals surface area contributed by atoms with Gasteiger partial charge < -0.3 is 0 Å². The number of hydrogen-bond acceptors (Lipinski definition) is 5. The van der Waals surface area contributed by atoms with E-state index in [0.717, 1.165) is 51.9 Å². The van der Waals surface area contributed by atoms with Crippen molar-refractivity contribution in [2.75, 3.05) is 26.2 Å². The van der Waals surface area contributed by atoms with Gasteiger partial charge in [0.25, 0.3) is 0 Å². The Labute approximate surface area is 133 Å². The van der Waals surface area contributed by atoms with E-state index in [0.29, 0.717) is 12.5 Å². The second-order valence-corrected chi connectivity index (χ2v) is 6.99. The Kier molecular flexibility index (Phi) is 5.26. The highest BCUT2D eigenvalue weighted by Crippen LogP contribution is 2.33. The van der Waals surface area contributed by atoms with Crippen molar-refractivity contribution >= 4 is 12.1 Å². The van der Waals surface area contributed by atoms with Crippen molar-refractivity contribution in [1.29, 1.82) is 0 Å². The molecule has 2 atom stereocenters. The molecule has 3 fully saturated rings. The monoisotopic (exact) mass is 307 g/mol. The summed E-state index contributed by atoms with van der Waals surface area (Å²) in [4.78, 5) is 28.6. The predicted octanol–water partition coefficient (Wildman–Crippen LogP) is 1.52. The Bertz CT molecular complexity index is 399. The summed E-state index contributed by atoms with van der Waals surface area (Å²) in [7, 11) is 0. The van der Waals surface area contributed by atoms with E-state index in [9.17, 15) is 9.59 Å². The number of carbonyl (C=O) groups excluding carboxylic acids is 2. The van der Waals surface area contributed by atoms with Crippen LogP contribution in [-0.2, 0) is 9.59 Å². The standard InChI is InChI=1S/C17H29N3O2/c21-14-15(22)17(9-7-10-18-17)20-13-6-3-8-16(20)19-11-4-1-2-5-12-19/h14,16,18H,1-13H2. The summed E-state index contributed by atoms with van der Waals surface area (Å²) in [6.07, 6.45) is 11.2. The number of nitrogens with one attached hydrogen (secondary N) is 1. The molecule has 0 aromatic heterocycles. The number of rotatable bonds is 4. The van der Waals surface area contributed by atoms with Crippen molar-refractivity contribution in [1.82, 2.24) is 15.1 Å². The van der Waals surface area contributed by atoms with Crippen LogP contribution in [0.2, 0.25) is 0 Å². The summed E-state index contributed by atoms with van der Waals surface area (Å²) in [6, 6.07) is 0. The van der Waals surface area contributed by atoms with Gasteiger partial charge in [0, 0.05) is 6.54 Å². The molecule has 3 rings (SSSR count). The van der Waals surface area contributed by atoms with Gasteiger partial charge in [0.15, 0.2) is 6.29 Å². The Morgan fingerprint density at radius 3 is 2.36 bits per heavy atom. The number of Topliss-reactive ketones (excluding diaryl/α,β-unsaturated/α-hetero) is 1. The fourth-order valence-electron chi connectivity index (χ4n) is 4.55. The lowest BCUT2D eigenvalue weighted by Crippen LogP contribution is -2.68. The molecule has 3 heterocycles. The topological polar surface area (TPSA) is 52.7 Å². The van der Waals surface area contributed by atoms with E-state index in [1.165, 1.54) is 32.1 Å². The van der Waals surface area contributed by atoms with Crippen LogP contribution in [0.3, 0.4) is 0 Å². The van der Waals surface area contributed by atoms with E-state index in [1.54, 1.807) is 0 Å². The van der Waals surface area contributed by atoms with Gasteiger partial charge in [0.05, 0.1) is 6.17 Å². The largest absolute Gasteiger partial charge is 0.294 e. The van der Waals surface area contributed by atoms with Gasteiger partial charge in [-0.1, -0.05) is 12.8 Å². The van der Waals surface area contributed by atoms with Gasteiger partial charge in [-0.05, 0) is 64.6 Å². The zero-order valence-electron chi connectivity index (χ0n) is 13.6. The minimum Gasteiger partial charge on any atom is -0.294 e. The van der Waals surface area contributed by atoms with Gasteiger partial charge in [-0.3, -0.25) is 24.7 Å². The van der Waals surface area contributed by atoms with Crippen LogP contribution in [0.15, 0.2) is 0 Å². The molecule has 0 saturated carbocycles. The summed E-state index contributed by atoms with van der Waals surface area (Å²) < 4.78 is 0. The van der Waals surface area contributed by atoms with E-state index < -0.39 is 5.66 Å². The van der Waals surface area contributed by atoms with E-state index in [2.05, 4.69) is 15.1 Å². The first kappa shape index (κ1) is 16.1. The Morgan fingerprint density at radius 2 is 1.73 bits per heavy atom. The molecular weight excluding hydrogens is 278 g/mol. The quantitative estimate of drug-likeness (QED) is 0.630. The first-order chi connectivity index (χ1) is 10.8. The third-order valence-electron chi connectivity index (χ3n) is 5.67. The van der Waals surface area contributed by atoms with Crippen LogP contribution in [0.5, 0.6) is 0 Å². The van der Waals surface area contributed by atoms with Gasteiger partial charge in [0.1, 0.15) is 5.66 Å². The molecule has 0 aromatic rings. The molecule has 2 unspecified atom stereocenters. The minimum atomic E-state index is -0.723. The van der Waals surface area contributed by atoms with E-state index >= 15 is 0 Å². The minimum absolute atomic E-state index is 0.272. The Balaban J connectivity index is 1.84. The molecule has 0 radical (unpaired) electrons. The van der Waals surface area contributed by atoms with Gasteiger partial charge >= 0.3 is 0 Å². The Morgan fingerprint density at radius 1 is 1.00 bits per heavy atom. The maximum atomic E-state index is 12.4. The molecule has 3 saturated heterocycles. The molecule has 0 bridgehead atoms. The molecule has 0 amide bonds. The zero-order chi connectivity index (χ0) is 15.4. The van der Waals surface area contributed by atoms with Crippen LogP contribution in [-0.4, -0.2) is 59.9 Å². The summed E-state index contributed by atoms with van der Waals surface area (Å²) in [6.45, 7) is 4.02. The Hall–Kier alpha value is -0.780. The lowest BCUT2D eigenvalue weighted by atomic mass is 9.95. The van der Waals surface area contributed by atoms with Crippen molar-refractivity contribution in [2.24, 2.45) is 0 Å². The summed E-state index contributed by atoms with van der Waals surface area (Å²) >= 11 is 0. The van der Waals surface area contributed by atoms with Crippen molar-refractivity contribution in [3.05, 3.63) is 0 Å². The van der Waals surface area contributed by atoms with Crippen LogP contribution in [0.25, 0.3) is 0 Å². The third kappa shape index (κ3) is 2.99. The SMILES string of the molecule is O=CC(=O)C1(N2CCCCC2N2CCCCCC2)CCCN1. The van der Waals surface area contributed by atoms with Gasteiger partial charge in [-0.15, -0.1) is 0 Å². The lowest BCUT2D eigenvalue weighted by Gasteiger charge is -2.50. The number of aldehydes is 1. The molecular formula is C17H29N3O2. The first-order valence-corrected chi connectivity index (χ1v) is 9.03. The lowest BCUT2D eigenvalue weighted by molar-refractivity contribution is -0.147. The average molecular weight is 307 g/mol. The maximum absolute atomic E-state index is 12.4. The normalized spacial score (nSPS) is 35.2. The smallest absolute Gasteiger partial charge is 0.229 e. The number of carbonyl (C=O) groups is 2. The predicted molar refractivity (Wildman–Crippen MR) is 85.4 cm³/mol. The molecule has 5 heteroatoms. The van der Waals surface area contributed by atoms with E-state index in [1.807, 2.05) is 0 Å². The van der Waals surface area contributed by atoms with Gasteiger partial charge in [-0.25, -0.2) is 0 Å². The van der Waals surface area contributed by atoms with Crippen LogP contribution in [0.1, 0.15) is 57.8 Å². The van der Waals surface area contributed by atoms with Crippen LogP contribution >= 0.6 is 0 Å². The van der Waals surface area contributed by atoms with Crippen LogP contribution < -0.4 is 5.32 Å². The highest BCUT2D eigenvalue weighted by Gasteiger charge is 2.49. The first-order valence-electron chi connectivity index (χ1n) is 9.03. The molecule has 0 aliphatic carbocycles. The highest BCUT2D eigenvalue weighted by atomic mass is 16.2. The summed E-state index contributed by atoms with van der Waals surface area (Å²) in [5.41, 5.74) is -0.723. The fourth-order valence-corrected chi connectivity index (χ4v) is 4.55. The van der Waals surface area contributed by atoms with E-state index in [4.69, 9.17) is 0 Å². The molecule has 0 aromatic carbocycles. The van der Waals surface area contributed by atoms with Gasteiger partial charge in [0.2, 0.25) is 5.78 Å². The second kappa shape index (κ2) is 7.20. The number of nitrogens with zero attached hydrogens (tertiary/aromatic N) is 2. The molecule has 1 N–H and O–H groups in total. The second-order valence-electron chi connectivity index (χ2n) is 6.99. The number of piperidine rings is 1. The van der Waals surface area contributed by atoms with Crippen LogP contribution in [0, 0.1) is 0 Å². The zero-order valence-corrected chi connectivity index (χ0v) is 13.6. The summed E-state index contributed by atoms with van der Waals surface area (Å²) in [5, 5.41) is 3.39. The van der Waals surface area contributed by atoms with E-state index in [-0.39, 0.29) is 5.78 Å². The highest BCUT2D eigenvalue weighted by molar-refractivity contribution is 6.29. The van der Waals surface area contributed by atoms with Crippen molar-refractivity contribution in [3.8, 4) is 0 Å². The fraction of sp³-hybridized carbons (Fsp3) is 0.882. The van der Waals surface area contributed by atoms with Crippen molar-refractivity contribution in [2.45, 2.75) is 69.6 Å². The molecule has 3 aliphatic rings. The molecule has 0 spiro atoms.